The number of pyridine rings is 1. The van der Waals surface area contributed by atoms with E-state index in [-0.39, 0.29) is 11.5 Å². The summed E-state index contributed by atoms with van der Waals surface area (Å²) in [6, 6.07) is 10.5. The number of aromatic amines is 1. The maximum absolute atomic E-state index is 11.7. The Morgan fingerprint density at radius 1 is 1.19 bits per heavy atom. The van der Waals surface area contributed by atoms with Gasteiger partial charge in [-0.15, -0.1) is 0 Å². The normalized spacial score (nSPS) is 13.2. The Kier molecular flexibility index (Phi) is 5.06. The molecule has 3 aromatic rings. The summed E-state index contributed by atoms with van der Waals surface area (Å²) >= 11 is 0. The lowest BCUT2D eigenvalue weighted by atomic mass is 9.88. The van der Waals surface area contributed by atoms with Gasteiger partial charge in [0.1, 0.15) is 5.65 Å². The lowest BCUT2D eigenvalue weighted by Gasteiger charge is -2.19. The van der Waals surface area contributed by atoms with Gasteiger partial charge >= 0.3 is 5.97 Å². The number of sulfone groups is 1. The minimum Gasteiger partial charge on any atom is -0.478 e. The number of nitrogens with zero attached hydrogens (tertiary/aromatic N) is 1. The summed E-state index contributed by atoms with van der Waals surface area (Å²) in [5, 5.41) is 9.89. The number of fused-ring (bicyclic) bond motifs is 1. The Morgan fingerprint density at radius 2 is 1.85 bits per heavy atom. The van der Waals surface area contributed by atoms with Gasteiger partial charge in [-0.3, -0.25) is 0 Å². The Hall–Kier alpha value is -2.67. The minimum atomic E-state index is -3.24. The number of rotatable bonds is 6. The second kappa shape index (κ2) is 7.15. The molecule has 0 saturated heterocycles. The van der Waals surface area contributed by atoms with E-state index in [4.69, 9.17) is 5.11 Å². The maximum atomic E-state index is 11.7. The molecule has 142 valence electrons. The van der Waals surface area contributed by atoms with Crippen LogP contribution in [0.1, 0.15) is 47.8 Å². The topological polar surface area (TPSA) is 100 Å². The summed E-state index contributed by atoms with van der Waals surface area (Å²) in [6.07, 6.45) is 3.39. The molecule has 1 atom stereocenters. The van der Waals surface area contributed by atoms with Crippen LogP contribution in [0.2, 0.25) is 0 Å². The Bertz CT molecular complexity index is 1080. The van der Waals surface area contributed by atoms with Gasteiger partial charge in [-0.1, -0.05) is 26.0 Å². The fourth-order valence-electron chi connectivity index (χ4n) is 3.20. The van der Waals surface area contributed by atoms with Gasteiger partial charge in [0.05, 0.1) is 10.5 Å². The maximum Gasteiger partial charge on any atom is 0.337 e. The summed E-state index contributed by atoms with van der Waals surface area (Å²) in [5.74, 6) is -0.568. The second-order valence-corrected chi connectivity index (χ2v) is 9.23. The summed E-state index contributed by atoms with van der Waals surface area (Å²) in [6.45, 7) is 4.25. The number of aromatic nitrogens is 2. The molecule has 0 saturated carbocycles. The van der Waals surface area contributed by atoms with Crippen molar-refractivity contribution in [3.63, 3.8) is 0 Å². The van der Waals surface area contributed by atoms with Gasteiger partial charge < -0.3 is 10.1 Å². The zero-order valence-electron chi connectivity index (χ0n) is 15.4. The Morgan fingerprint density at radius 3 is 2.41 bits per heavy atom. The summed E-state index contributed by atoms with van der Waals surface area (Å²) in [7, 11) is -3.24. The van der Waals surface area contributed by atoms with Crippen molar-refractivity contribution in [2.45, 2.75) is 31.1 Å². The first-order valence-electron chi connectivity index (χ1n) is 8.67. The molecule has 7 heteroatoms. The molecule has 0 bridgehead atoms. The van der Waals surface area contributed by atoms with Gasteiger partial charge in [0, 0.05) is 29.5 Å². The summed E-state index contributed by atoms with van der Waals surface area (Å²) in [4.78, 5) is 19.0. The van der Waals surface area contributed by atoms with E-state index >= 15 is 0 Å². The predicted octanol–water partition coefficient (Wildman–Crippen LogP) is 3.84. The molecule has 0 aliphatic rings. The van der Waals surface area contributed by atoms with Crippen LogP contribution in [0.4, 0.5) is 0 Å². The zero-order chi connectivity index (χ0) is 19.8. The lowest BCUT2D eigenvalue weighted by Crippen LogP contribution is -2.06. The lowest BCUT2D eigenvalue weighted by molar-refractivity contribution is 0.0696. The molecule has 2 heterocycles. The molecule has 1 unspecified atom stereocenters. The Labute approximate surface area is 158 Å². The predicted molar refractivity (Wildman–Crippen MR) is 104 cm³/mol. The molecule has 0 radical (unpaired) electrons. The number of benzene rings is 1. The van der Waals surface area contributed by atoms with E-state index in [2.05, 4.69) is 23.8 Å². The van der Waals surface area contributed by atoms with Crippen molar-refractivity contribution in [3.05, 3.63) is 59.4 Å². The van der Waals surface area contributed by atoms with Gasteiger partial charge in [0.2, 0.25) is 0 Å². The first-order valence-corrected chi connectivity index (χ1v) is 10.6. The highest BCUT2D eigenvalue weighted by Gasteiger charge is 2.20. The van der Waals surface area contributed by atoms with E-state index in [1.807, 2.05) is 18.2 Å². The molecular formula is C20H22N2O4S. The van der Waals surface area contributed by atoms with Crippen molar-refractivity contribution < 1.29 is 18.3 Å². The highest BCUT2D eigenvalue weighted by molar-refractivity contribution is 7.90. The molecule has 6 nitrogen and oxygen atoms in total. The third-order valence-corrected chi connectivity index (χ3v) is 5.66. The van der Waals surface area contributed by atoms with Crippen LogP contribution in [0.3, 0.4) is 0 Å². The van der Waals surface area contributed by atoms with Gasteiger partial charge in [-0.05, 0) is 42.2 Å². The molecule has 0 fully saturated rings. The highest BCUT2D eigenvalue weighted by atomic mass is 32.2. The molecule has 3 rings (SSSR count). The van der Waals surface area contributed by atoms with Crippen molar-refractivity contribution in [2.24, 2.45) is 5.92 Å². The number of hydrogen-bond acceptors (Lipinski definition) is 4. The average Bonchev–Trinajstić information content (AvgIpc) is 3.01. The summed E-state index contributed by atoms with van der Waals surface area (Å²) < 4.78 is 23.4. The van der Waals surface area contributed by atoms with Crippen LogP contribution in [0.15, 0.2) is 47.5 Å². The standard InChI is InChI=1S/C20H22N2O4S/c1-12(2)8-17(13-4-6-16(7-5-13)27(3,25)26)18-10-14-9-15(20(23)24)11-21-19(14)22-18/h4-7,9-12,17H,8H2,1-3H3,(H,21,22)(H,23,24). The fourth-order valence-corrected chi connectivity index (χ4v) is 3.83. The third kappa shape index (κ3) is 4.19. The molecule has 2 aromatic heterocycles. The van der Waals surface area contributed by atoms with E-state index in [1.165, 1.54) is 12.5 Å². The number of H-pyrrole nitrogens is 1. The molecule has 0 aliphatic heterocycles. The van der Waals surface area contributed by atoms with E-state index in [0.717, 1.165) is 23.1 Å². The van der Waals surface area contributed by atoms with Crippen molar-refractivity contribution >= 4 is 26.8 Å². The quantitative estimate of drug-likeness (QED) is 0.670. The molecule has 2 N–H and O–H groups in total. The smallest absolute Gasteiger partial charge is 0.337 e. The first-order chi connectivity index (χ1) is 12.6. The van der Waals surface area contributed by atoms with Crippen LogP contribution in [-0.2, 0) is 9.84 Å². The number of carboxylic acids is 1. The SMILES string of the molecule is CC(C)CC(c1ccc(S(C)(=O)=O)cc1)c1cc2cc(C(=O)O)cnc2[nH]1. The van der Waals surface area contributed by atoms with Crippen LogP contribution in [0, 0.1) is 5.92 Å². The molecule has 1 aromatic carbocycles. The van der Waals surface area contributed by atoms with Crippen LogP contribution >= 0.6 is 0 Å². The summed E-state index contributed by atoms with van der Waals surface area (Å²) in [5.41, 5.74) is 2.71. The fraction of sp³-hybridized carbons (Fsp3) is 0.300. The molecule has 27 heavy (non-hydrogen) atoms. The van der Waals surface area contributed by atoms with Crippen molar-refractivity contribution in [1.82, 2.24) is 9.97 Å². The van der Waals surface area contributed by atoms with Crippen molar-refractivity contribution in [3.8, 4) is 0 Å². The van der Waals surface area contributed by atoms with Crippen molar-refractivity contribution in [2.75, 3.05) is 6.26 Å². The van der Waals surface area contributed by atoms with E-state index in [9.17, 15) is 13.2 Å². The second-order valence-electron chi connectivity index (χ2n) is 7.21. The molecule has 0 amide bonds. The van der Waals surface area contributed by atoms with Gasteiger partial charge in [-0.2, -0.15) is 0 Å². The van der Waals surface area contributed by atoms with Crippen LogP contribution in [0.25, 0.3) is 11.0 Å². The van der Waals surface area contributed by atoms with Gasteiger partial charge in [-0.25, -0.2) is 18.2 Å². The van der Waals surface area contributed by atoms with Crippen molar-refractivity contribution in [1.29, 1.82) is 0 Å². The third-order valence-electron chi connectivity index (χ3n) is 4.53. The number of carbonyl (C=O) groups is 1. The number of hydrogen-bond donors (Lipinski definition) is 2. The first kappa shape index (κ1) is 19.1. The largest absolute Gasteiger partial charge is 0.478 e. The van der Waals surface area contributed by atoms with E-state index in [1.54, 1.807) is 18.2 Å². The highest BCUT2D eigenvalue weighted by Crippen LogP contribution is 2.33. The zero-order valence-corrected chi connectivity index (χ0v) is 16.2. The van der Waals surface area contributed by atoms with Gasteiger partial charge in [0.25, 0.3) is 0 Å². The Balaban J connectivity index is 2.04. The average molecular weight is 386 g/mol. The minimum absolute atomic E-state index is 0.0288. The van der Waals surface area contributed by atoms with E-state index < -0.39 is 15.8 Å². The van der Waals surface area contributed by atoms with Crippen LogP contribution in [0.5, 0.6) is 0 Å². The number of carboxylic acid groups (broad SMARTS) is 1. The van der Waals surface area contributed by atoms with Crippen LogP contribution in [-0.4, -0.2) is 35.7 Å². The molecular weight excluding hydrogens is 364 g/mol. The van der Waals surface area contributed by atoms with Gasteiger partial charge in [0.15, 0.2) is 9.84 Å². The monoisotopic (exact) mass is 386 g/mol. The number of aromatic carboxylic acids is 1. The van der Waals surface area contributed by atoms with E-state index in [0.29, 0.717) is 16.5 Å². The molecule has 0 aliphatic carbocycles. The molecule has 0 spiro atoms. The van der Waals surface area contributed by atoms with Crippen LogP contribution < -0.4 is 0 Å². The number of nitrogens with one attached hydrogen (secondary N) is 1.